The number of hydrogen-bond acceptors (Lipinski definition) is 4. The van der Waals surface area contributed by atoms with Gasteiger partial charge in [-0.1, -0.05) is 26.7 Å². The average molecular weight is 253 g/mol. The molecular weight excluding hydrogens is 230 g/mol. The third-order valence-electron chi connectivity index (χ3n) is 1.79. The van der Waals surface area contributed by atoms with Crippen molar-refractivity contribution >= 4 is 15.7 Å². The van der Waals surface area contributed by atoms with E-state index in [0.29, 0.717) is 12.8 Å². The summed E-state index contributed by atoms with van der Waals surface area (Å²) in [5.41, 5.74) is 1.55. The maximum Gasteiger partial charge on any atom is 0.243 e. The molecule has 0 aliphatic heterocycles. The topological polar surface area (TPSA) is 83.5 Å². The van der Waals surface area contributed by atoms with Crippen molar-refractivity contribution in [2.24, 2.45) is 0 Å². The van der Waals surface area contributed by atoms with Crippen LogP contribution in [0.1, 0.15) is 46.0 Å². The summed E-state index contributed by atoms with van der Waals surface area (Å²) in [5, 5.41) is 8.17. The molecule has 0 saturated carbocycles. The number of unbranched alkanes of at least 4 members (excludes halogenated alkanes) is 3. The van der Waals surface area contributed by atoms with Gasteiger partial charge in [-0.15, -0.1) is 0 Å². The third kappa shape index (κ3) is 15.8. The van der Waals surface area contributed by atoms with Gasteiger partial charge in [0.2, 0.25) is 5.91 Å². The monoisotopic (exact) mass is 253 g/mol. The van der Waals surface area contributed by atoms with E-state index in [1.807, 2.05) is 13.8 Å². The number of amides is 1. The molecule has 16 heavy (non-hydrogen) atoms. The zero-order valence-electron chi connectivity index (χ0n) is 10.3. The summed E-state index contributed by atoms with van der Waals surface area (Å²) in [6, 6.07) is 0. The maximum absolute atomic E-state index is 10.7. The predicted molar refractivity (Wildman–Crippen MR) is 64.1 cm³/mol. The molecule has 5 nitrogen and oxygen atoms in total. The van der Waals surface area contributed by atoms with Crippen molar-refractivity contribution in [2.75, 3.05) is 12.0 Å². The molecule has 2 N–H and O–H groups in total. The van der Waals surface area contributed by atoms with E-state index in [2.05, 4.69) is 0 Å². The second-order valence-electron chi connectivity index (χ2n) is 3.33. The van der Waals surface area contributed by atoms with Gasteiger partial charge in [-0.3, -0.25) is 10.0 Å². The number of nitrogens with one attached hydrogen (secondary N) is 1. The second-order valence-corrected chi connectivity index (χ2v) is 5.59. The van der Waals surface area contributed by atoms with Crippen LogP contribution in [0.3, 0.4) is 0 Å². The van der Waals surface area contributed by atoms with E-state index in [0.717, 1.165) is 12.8 Å². The summed E-state index contributed by atoms with van der Waals surface area (Å²) in [6.07, 6.45) is 4.42. The van der Waals surface area contributed by atoms with E-state index >= 15 is 0 Å². The molecule has 0 bridgehead atoms. The molecule has 0 aliphatic carbocycles. The Balaban J connectivity index is 0. The molecule has 0 rings (SSSR count). The minimum absolute atomic E-state index is 0.208. The largest absolute Gasteiger partial charge is 0.289 e. The van der Waals surface area contributed by atoms with Crippen LogP contribution >= 0.6 is 0 Å². The fraction of sp³-hybridized carbons (Fsp3) is 0.900. The van der Waals surface area contributed by atoms with E-state index in [4.69, 9.17) is 5.21 Å². The summed E-state index contributed by atoms with van der Waals surface area (Å²) in [5.74, 6) is -0.188. The Kier molecular flexibility index (Phi) is 12.1. The number of sulfone groups is 1. The fourth-order valence-electron chi connectivity index (χ4n) is 1.06. The summed E-state index contributed by atoms with van der Waals surface area (Å²) >= 11 is 0. The van der Waals surface area contributed by atoms with Gasteiger partial charge < -0.3 is 0 Å². The first-order valence-corrected chi connectivity index (χ1v) is 7.62. The van der Waals surface area contributed by atoms with Crippen LogP contribution in [-0.2, 0) is 14.6 Å². The molecule has 0 saturated heterocycles. The van der Waals surface area contributed by atoms with Crippen LogP contribution in [-0.4, -0.2) is 31.5 Å². The van der Waals surface area contributed by atoms with E-state index in [-0.39, 0.29) is 12.2 Å². The van der Waals surface area contributed by atoms with Crippen LogP contribution in [0.4, 0.5) is 0 Å². The van der Waals surface area contributed by atoms with Crippen molar-refractivity contribution in [1.82, 2.24) is 5.48 Å². The number of rotatable bonds is 7. The van der Waals surface area contributed by atoms with Crippen molar-refractivity contribution < 1.29 is 18.4 Å². The van der Waals surface area contributed by atoms with Gasteiger partial charge in [0.05, 0.1) is 0 Å². The highest BCUT2D eigenvalue weighted by molar-refractivity contribution is 7.90. The Hall–Kier alpha value is -0.620. The highest BCUT2D eigenvalue weighted by Crippen LogP contribution is 2.04. The summed E-state index contributed by atoms with van der Waals surface area (Å²) in [4.78, 5) is 10.5. The molecular formula is C10H23NO4S. The molecule has 6 heteroatoms. The van der Waals surface area contributed by atoms with Crippen LogP contribution < -0.4 is 5.48 Å². The van der Waals surface area contributed by atoms with Crippen LogP contribution in [0, 0.1) is 0 Å². The minimum atomic E-state index is -2.85. The van der Waals surface area contributed by atoms with Gasteiger partial charge in [-0.05, 0) is 12.8 Å². The highest BCUT2D eigenvalue weighted by Gasteiger charge is 2.02. The number of carbonyl (C=O) groups is 1. The molecule has 0 radical (unpaired) electrons. The molecule has 0 fully saturated rings. The van der Waals surface area contributed by atoms with Crippen molar-refractivity contribution in [3.8, 4) is 0 Å². The fourth-order valence-corrected chi connectivity index (χ4v) is 1.79. The number of carbonyl (C=O) groups excluding carboxylic acids is 1. The lowest BCUT2D eigenvalue weighted by molar-refractivity contribution is -0.129. The summed E-state index contributed by atoms with van der Waals surface area (Å²) < 4.78 is 21.4. The Morgan fingerprint density at radius 1 is 1.12 bits per heavy atom. The second kappa shape index (κ2) is 10.9. The Morgan fingerprint density at radius 3 is 2.06 bits per heavy atom. The van der Waals surface area contributed by atoms with E-state index in [1.165, 1.54) is 6.26 Å². The van der Waals surface area contributed by atoms with Gasteiger partial charge in [0.25, 0.3) is 0 Å². The Morgan fingerprint density at radius 2 is 1.62 bits per heavy atom. The lowest BCUT2D eigenvalue weighted by atomic mass is 10.1. The van der Waals surface area contributed by atoms with Crippen molar-refractivity contribution in [2.45, 2.75) is 46.0 Å². The average Bonchev–Trinajstić information content (AvgIpc) is 2.24. The molecule has 0 heterocycles. The van der Waals surface area contributed by atoms with Crippen LogP contribution in [0.5, 0.6) is 0 Å². The van der Waals surface area contributed by atoms with Crippen LogP contribution in [0.2, 0.25) is 0 Å². The van der Waals surface area contributed by atoms with Gasteiger partial charge in [-0.25, -0.2) is 13.9 Å². The van der Waals surface area contributed by atoms with Gasteiger partial charge in [0.1, 0.15) is 9.84 Å². The molecule has 0 aliphatic rings. The van der Waals surface area contributed by atoms with Crippen LogP contribution in [0.25, 0.3) is 0 Å². The summed E-state index contributed by atoms with van der Waals surface area (Å²) in [6.45, 7) is 4.00. The minimum Gasteiger partial charge on any atom is -0.289 e. The predicted octanol–water partition coefficient (Wildman–Crippen LogP) is 1.51. The van der Waals surface area contributed by atoms with Gasteiger partial charge in [-0.2, -0.15) is 0 Å². The third-order valence-corrected chi connectivity index (χ3v) is 2.82. The van der Waals surface area contributed by atoms with Crippen molar-refractivity contribution in [3.05, 3.63) is 0 Å². The lowest BCUT2D eigenvalue weighted by Gasteiger charge is -1.99. The molecule has 0 spiro atoms. The first-order valence-electron chi connectivity index (χ1n) is 5.56. The van der Waals surface area contributed by atoms with E-state index in [1.54, 1.807) is 5.48 Å². The standard InChI is InChI=1S/C8H17NO4S.C2H6/c1-14(12,13)7-5-3-2-4-6-8(10)9-11;1-2/h11H,2-7H2,1H3,(H,9,10);1-2H3. The molecule has 1 amide bonds. The van der Waals surface area contributed by atoms with E-state index in [9.17, 15) is 13.2 Å². The molecule has 0 atom stereocenters. The first kappa shape index (κ1) is 17.8. The van der Waals surface area contributed by atoms with Gasteiger partial charge >= 0.3 is 0 Å². The molecule has 0 aromatic heterocycles. The molecule has 0 unspecified atom stereocenters. The van der Waals surface area contributed by atoms with Crippen molar-refractivity contribution in [3.63, 3.8) is 0 Å². The lowest BCUT2D eigenvalue weighted by Crippen LogP contribution is -2.17. The highest BCUT2D eigenvalue weighted by atomic mass is 32.2. The summed E-state index contributed by atoms with van der Waals surface area (Å²) in [7, 11) is -2.85. The SMILES string of the molecule is CC.CS(=O)(=O)CCCCCCC(=O)NO. The first-order chi connectivity index (χ1) is 7.45. The zero-order valence-corrected chi connectivity index (χ0v) is 11.1. The smallest absolute Gasteiger partial charge is 0.243 e. The Labute approximate surface area is 98.1 Å². The Bertz CT molecular complexity index is 262. The number of hydroxylamine groups is 1. The molecule has 98 valence electrons. The van der Waals surface area contributed by atoms with Crippen LogP contribution in [0.15, 0.2) is 0 Å². The molecule has 0 aromatic carbocycles. The van der Waals surface area contributed by atoms with Gasteiger partial charge in [0, 0.05) is 18.4 Å². The normalized spacial score (nSPS) is 10.2. The molecule has 0 aromatic rings. The van der Waals surface area contributed by atoms with E-state index < -0.39 is 15.7 Å². The number of hydrogen-bond donors (Lipinski definition) is 2. The maximum atomic E-state index is 10.7. The van der Waals surface area contributed by atoms with Crippen molar-refractivity contribution in [1.29, 1.82) is 0 Å². The quantitative estimate of drug-likeness (QED) is 0.409. The van der Waals surface area contributed by atoms with Gasteiger partial charge in [0.15, 0.2) is 0 Å². The zero-order chi connectivity index (χ0) is 13.0.